The summed E-state index contributed by atoms with van der Waals surface area (Å²) in [6.45, 7) is 7.01. The maximum absolute atomic E-state index is 5.60. The average Bonchev–Trinajstić information content (AvgIpc) is 2.20. The molecular formula is C11H19N3O. The Morgan fingerprint density at radius 1 is 1.47 bits per heavy atom. The van der Waals surface area contributed by atoms with E-state index in [1.807, 2.05) is 6.92 Å². The van der Waals surface area contributed by atoms with E-state index in [1.54, 1.807) is 13.2 Å². The first-order valence-corrected chi connectivity index (χ1v) is 5.27. The summed E-state index contributed by atoms with van der Waals surface area (Å²) in [6, 6.07) is 0. The number of aryl methyl sites for hydroxylation is 1. The number of aromatic nitrogens is 2. The highest BCUT2D eigenvalue weighted by Gasteiger charge is 2.04. The molecule has 84 valence electrons. The minimum absolute atomic E-state index is 0.597. The number of nitrogens with zero attached hydrogens (tertiary/aromatic N) is 2. The molecule has 0 atom stereocenters. The zero-order valence-electron chi connectivity index (χ0n) is 9.87. The molecule has 1 rings (SSSR count). The first-order valence-electron chi connectivity index (χ1n) is 5.27. The first kappa shape index (κ1) is 11.8. The van der Waals surface area contributed by atoms with Crippen LogP contribution in [0.2, 0.25) is 0 Å². The second-order valence-electron chi connectivity index (χ2n) is 3.96. The van der Waals surface area contributed by atoms with E-state index in [0.717, 1.165) is 12.0 Å². The maximum atomic E-state index is 5.60. The largest absolute Gasteiger partial charge is 0.477 e. The third-order valence-corrected chi connectivity index (χ3v) is 2.08. The molecule has 0 fully saturated rings. The highest BCUT2D eigenvalue weighted by atomic mass is 16.5. The highest BCUT2D eigenvalue weighted by Crippen LogP contribution is 2.15. The summed E-state index contributed by atoms with van der Waals surface area (Å²) in [5.74, 6) is 1.92. The van der Waals surface area contributed by atoms with Crippen molar-refractivity contribution < 1.29 is 4.74 Å². The molecule has 4 nitrogen and oxygen atoms in total. The van der Waals surface area contributed by atoms with Crippen LogP contribution in [0.25, 0.3) is 0 Å². The van der Waals surface area contributed by atoms with Crippen LogP contribution < -0.4 is 10.1 Å². The third-order valence-electron chi connectivity index (χ3n) is 2.08. The minimum Gasteiger partial charge on any atom is -0.477 e. The first-order chi connectivity index (χ1) is 7.13. The van der Waals surface area contributed by atoms with Crippen molar-refractivity contribution in [3.63, 3.8) is 0 Å². The molecule has 1 aromatic heterocycles. The maximum Gasteiger partial charge on any atom is 0.225 e. The van der Waals surface area contributed by atoms with Crippen molar-refractivity contribution in [1.82, 2.24) is 9.97 Å². The number of hydrogen-bond donors (Lipinski definition) is 1. The lowest BCUT2D eigenvalue weighted by Gasteiger charge is -2.10. The smallest absolute Gasteiger partial charge is 0.225 e. The van der Waals surface area contributed by atoms with Gasteiger partial charge in [0.25, 0.3) is 0 Å². The van der Waals surface area contributed by atoms with Gasteiger partial charge in [-0.1, -0.05) is 13.8 Å². The Kier molecular flexibility index (Phi) is 4.34. The Labute approximate surface area is 91.1 Å². The molecule has 0 aromatic carbocycles. The van der Waals surface area contributed by atoms with Crippen molar-refractivity contribution >= 4 is 5.95 Å². The minimum atomic E-state index is 0.597. The summed E-state index contributed by atoms with van der Waals surface area (Å²) < 4.78 is 5.60. The van der Waals surface area contributed by atoms with E-state index >= 15 is 0 Å². The number of hydrogen-bond acceptors (Lipinski definition) is 4. The normalized spacial score (nSPS) is 10.5. The molecule has 1 heterocycles. The Balaban J connectivity index is 2.59. The standard InChI is InChI=1S/C11H19N3O/c1-8(2)5-6-15-10-9(3)7-13-11(12-4)14-10/h7-8H,5-6H2,1-4H3,(H,12,13,14). The van der Waals surface area contributed by atoms with E-state index < -0.39 is 0 Å². The van der Waals surface area contributed by atoms with Crippen molar-refractivity contribution in [1.29, 1.82) is 0 Å². The van der Waals surface area contributed by atoms with Gasteiger partial charge in [-0.2, -0.15) is 4.98 Å². The third kappa shape index (κ3) is 3.73. The number of anilines is 1. The summed E-state index contributed by atoms with van der Waals surface area (Å²) >= 11 is 0. The molecular weight excluding hydrogens is 190 g/mol. The Morgan fingerprint density at radius 3 is 2.80 bits per heavy atom. The molecule has 0 saturated carbocycles. The molecule has 1 aromatic rings. The van der Waals surface area contributed by atoms with Gasteiger partial charge in [-0.05, 0) is 19.3 Å². The van der Waals surface area contributed by atoms with E-state index in [4.69, 9.17) is 4.74 Å². The van der Waals surface area contributed by atoms with Gasteiger partial charge in [0.2, 0.25) is 11.8 Å². The van der Waals surface area contributed by atoms with Crippen LogP contribution in [-0.4, -0.2) is 23.6 Å². The Bertz CT molecular complexity index is 313. The van der Waals surface area contributed by atoms with E-state index in [9.17, 15) is 0 Å². The van der Waals surface area contributed by atoms with E-state index in [2.05, 4.69) is 29.1 Å². The quantitative estimate of drug-likeness (QED) is 0.808. The lowest BCUT2D eigenvalue weighted by Crippen LogP contribution is -2.06. The average molecular weight is 209 g/mol. The van der Waals surface area contributed by atoms with Gasteiger partial charge >= 0.3 is 0 Å². The van der Waals surface area contributed by atoms with Gasteiger partial charge in [-0.3, -0.25) is 0 Å². The molecule has 15 heavy (non-hydrogen) atoms. The highest BCUT2D eigenvalue weighted by molar-refractivity contribution is 5.31. The van der Waals surface area contributed by atoms with Crippen molar-refractivity contribution in [3.8, 4) is 5.88 Å². The molecule has 0 aliphatic rings. The molecule has 0 unspecified atom stereocenters. The molecule has 0 aliphatic heterocycles. The topological polar surface area (TPSA) is 47.0 Å². The fraction of sp³-hybridized carbons (Fsp3) is 0.636. The fourth-order valence-electron chi connectivity index (χ4n) is 1.08. The molecule has 0 amide bonds. The van der Waals surface area contributed by atoms with Gasteiger partial charge < -0.3 is 10.1 Å². The van der Waals surface area contributed by atoms with Crippen molar-refractivity contribution in [2.24, 2.45) is 5.92 Å². The second-order valence-corrected chi connectivity index (χ2v) is 3.96. The number of ether oxygens (including phenoxy) is 1. The summed E-state index contributed by atoms with van der Waals surface area (Å²) in [6.07, 6.45) is 2.81. The summed E-state index contributed by atoms with van der Waals surface area (Å²) in [5.41, 5.74) is 0.970. The van der Waals surface area contributed by atoms with Crippen LogP contribution in [0.15, 0.2) is 6.20 Å². The Morgan fingerprint density at radius 2 is 2.20 bits per heavy atom. The van der Waals surface area contributed by atoms with Gasteiger partial charge in [-0.25, -0.2) is 4.98 Å². The van der Waals surface area contributed by atoms with Gasteiger partial charge in [0.05, 0.1) is 6.61 Å². The lowest BCUT2D eigenvalue weighted by atomic mass is 10.1. The van der Waals surface area contributed by atoms with Gasteiger partial charge in [-0.15, -0.1) is 0 Å². The fourth-order valence-corrected chi connectivity index (χ4v) is 1.08. The summed E-state index contributed by atoms with van der Waals surface area (Å²) in [7, 11) is 1.79. The van der Waals surface area contributed by atoms with Gasteiger partial charge in [0.15, 0.2) is 0 Å². The molecule has 0 aliphatic carbocycles. The SMILES string of the molecule is CNc1ncc(C)c(OCCC(C)C)n1. The second kappa shape index (κ2) is 5.53. The molecule has 1 N–H and O–H groups in total. The van der Waals surface area contributed by atoms with Crippen LogP contribution in [0.5, 0.6) is 5.88 Å². The van der Waals surface area contributed by atoms with Crippen molar-refractivity contribution in [3.05, 3.63) is 11.8 Å². The summed E-state index contributed by atoms with van der Waals surface area (Å²) in [5, 5.41) is 2.89. The van der Waals surface area contributed by atoms with E-state index in [1.165, 1.54) is 0 Å². The van der Waals surface area contributed by atoms with Gasteiger partial charge in [0, 0.05) is 18.8 Å². The van der Waals surface area contributed by atoms with Crippen LogP contribution in [-0.2, 0) is 0 Å². The molecule has 0 saturated heterocycles. The van der Waals surface area contributed by atoms with Crippen LogP contribution in [0.4, 0.5) is 5.95 Å². The number of nitrogens with one attached hydrogen (secondary N) is 1. The van der Waals surface area contributed by atoms with Crippen molar-refractivity contribution in [2.75, 3.05) is 19.0 Å². The predicted molar refractivity (Wildman–Crippen MR) is 61.3 cm³/mol. The molecule has 0 radical (unpaired) electrons. The molecule has 0 bridgehead atoms. The lowest BCUT2D eigenvalue weighted by molar-refractivity contribution is 0.277. The van der Waals surface area contributed by atoms with Crippen LogP contribution in [0.1, 0.15) is 25.8 Å². The monoisotopic (exact) mass is 209 g/mol. The zero-order chi connectivity index (χ0) is 11.3. The van der Waals surface area contributed by atoms with Gasteiger partial charge in [0.1, 0.15) is 0 Å². The van der Waals surface area contributed by atoms with Crippen molar-refractivity contribution in [2.45, 2.75) is 27.2 Å². The van der Waals surface area contributed by atoms with Crippen LogP contribution >= 0.6 is 0 Å². The van der Waals surface area contributed by atoms with Crippen LogP contribution in [0.3, 0.4) is 0 Å². The molecule has 0 spiro atoms. The Hall–Kier alpha value is -1.32. The molecule has 4 heteroatoms. The van der Waals surface area contributed by atoms with E-state index in [0.29, 0.717) is 24.4 Å². The zero-order valence-corrected chi connectivity index (χ0v) is 9.87. The van der Waals surface area contributed by atoms with Crippen LogP contribution in [0, 0.1) is 12.8 Å². The van der Waals surface area contributed by atoms with E-state index in [-0.39, 0.29) is 0 Å². The number of rotatable bonds is 5. The summed E-state index contributed by atoms with van der Waals surface area (Å²) in [4.78, 5) is 8.34. The predicted octanol–water partition coefficient (Wildman–Crippen LogP) is 2.25.